The minimum absolute atomic E-state index is 0.188. The molecule has 0 radical (unpaired) electrons. The van der Waals surface area contributed by atoms with Gasteiger partial charge in [-0.15, -0.1) is 0 Å². The molecule has 0 aliphatic carbocycles. The highest BCUT2D eigenvalue weighted by Gasteiger charge is 2.31. The van der Waals surface area contributed by atoms with E-state index in [-0.39, 0.29) is 11.8 Å². The summed E-state index contributed by atoms with van der Waals surface area (Å²) in [6.45, 7) is 10.8. The van der Waals surface area contributed by atoms with Gasteiger partial charge in [-0.3, -0.25) is 14.6 Å². The van der Waals surface area contributed by atoms with E-state index in [2.05, 4.69) is 59.3 Å². The minimum Gasteiger partial charge on any atom is -0.356 e. The first-order valence-electron chi connectivity index (χ1n) is 10.9. The molecule has 2 aliphatic heterocycles. The van der Waals surface area contributed by atoms with Crippen molar-refractivity contribution in [3.8, 4) is 0 Å². The lowest BCUT2D eigenvalue weighted by atomic mass is 9.93. The topological polar surface area (TPSA) is 35.6 Å². The lowest BCUT2D eigenvalue weighted by Gasteiger charge is -2.42. The number of carbonyl (C=O) groups excluding carboxylic acids is 1. The van der Waals surface area contributed by atoms with E-state index in [0.717, 1.165) is 38.9 Å². The van der Waals surface area contributed by atoms with Gasteiger partial charge in [-0.2, -0.15) is 0 Å². The molecule has 1 aromatic carbocycles. The quantitative estimate of drug-likeness (QED) is 0.796. The summed E-state index contributed by atoms with van der Waals surface area (Å²) in [5.74, 6) is 1.12. The summed E-state index contributed by atoms with van der Waals surface area (Å²) in [6.07, 6.45) is 5.74. The second-order valence-corrected chi connectivity index (χ2v) is 8.80. The maximum absolute atomic E-state index is 12.5. The Hall–Kier alpha value is -1.39. The van der Waals surface area contributed by atoms with Crippen LogP contribution in [0, 0.1) is 11.8 Å². The molecule has 2 aliphatic rings. The van der Waals surface area contributed by atoms with Crippen molar-refractivity contribution in [1.29, 1.82) is 0 Å². The molecular weight excluding hydrogens is 334 g/mol. The maximum atomic E-state index is 12.5. The summed E-state index contributed by atoms with van der Waals surface area (Å²) < 4.78 is 0. The lowest BCUT2D eigenvalue weighted by molar-refractivity contribution is -0.127. The minimum atomic E-state index is 0.188. The van der Waals surface area contributed by atoms with E-state index < -0.39 is 0 Å². The third-order valence-electron chi connectivity index (χ3n) is 6.17. The Morgan fingerprint density at radius 1 is 1.11 bits per heavy atom. The van der Waals surface area contributed by atoms with Gasteiger partial charge in [-0.1, -0.05) is 44.2 Å². The number of benzene rings is 1. The fraction of sp³-hybridized carbons (Fsp3) is 0.696. The van der Waals surface area contributed by atoms with Crippen molar-refractivity contribution in [1.82, 2.24) is 15.1 Å². The van der Waals surface area contributed by atoms with E-state index >= 15 is 0 Å². The number of carbonyl (C=O) groups is 1. The van der Waals surface area contributed by atoms with E-state index in [1.165, 1.54) is 38.0 Å². The highest BCUT2D eigenvalue weighted by molar-refractivity contribution is 5.78. The van der Waals surface area contributed by atoms with Crippen molar-refractivity contribution >= 4 is 5.91 Å². The van der Waals surface area contributed by atoms with Gasteiger partial charge < -0.3 is 5.32 Å². The molecule has 0 spiro atoms. The van der Waals surface area contributed by atoms with Gasteiger partial charge in [0.1, 0.15) is 0 Å². The van der Waals surface area contributed by atoms with Gasteiger partial charge in [0.05, 0.1) is 5.92 Å². The van der Waals surface area contributed by atoms with Crippen LogP contribution in [0.15, 0.2) is 30.3 Å². The zero-order valence-electron chi connectivity index (χ0n) is 17.2. The molecule has 4 heteroatoms. The summed E-state index contributed by atoms with van der Waals surface area (Å²) >= 11 is 0. The van der Waals surface area contributed by atoms with Crippen molar-refractivity contribution in [3.63, 3.8) is 0 Å². The maximum Gasteiger partial charge on any atom is 0.224 e. The summed E-state index contributed by atoms with van der Waals surface area (Å²) in [4.78, 5) is 17.7. The predicted molar refractivity (Wildman–Crippen MR) is 112 cm³/mol. The number of piperidine rings is 2. The summed E-state index contributed by atoms with van der Waals surface area (Å²) in [5, 5.41) is 3.17. The molecule has 150 valence electrons. The standard InChI is InChI=1S/C23H37N3O/c1-19(2)10-13-24-23(27)21-9-6-14-26(18-21)22-11-15-25(16-12-22)17-20-7-4-3-5-8-20/h3-5,7-8,19,21-22H,6,9-18H2,1-2H3,(H,24,27)/t21-/m0/s1. The fourth-order valence-corrected chi connectivity index (χ4v) is 4.46. The van der Waals surface area contributed by atoms with Crippen LogP contribution in [-0.4, -0.2) is 54.5 Å². The molecule has 2 saturated heterocycles. The van der Waals surface area contributed by atoms with Gasteiger partial charge in [0.15, 0.2) is 0 Å². The summed E-state index contributed by atoms with van der Waals surface area (Å²) in [5.41, 5.74) is 1.41. The van der Waals surface area contributed by atoms with Crippen LogP contribution in [0.2, 0.25) is 0 Å². The molecule has 2 heterocycles. The third kappa shape index (κ3) is 6.32. The van der Waals surface area contributed by atoms with Crippen molar-refractivity contribution < 1.29 is 4.79 Å². The van der Waals surface area contributed by atoms with Crippen LogP contribution in [0.4, 0.5) is 0 Å². The van der Waals surface area contributed by atoms with Gasteiger partial charge in [0.25, 0.3) is 0 Å². The van der Waals surface area contributed by atoms with Gasteiger partial charge in [0.2, 0.25) is 5.91 Å². The Kier molecular flexibility index (Phi) is 7.71. The lowest BCUT2D eigenvalue weighted by Crippen LogP contribution is -2.50. The van der Waals surface area contributed by atoms with Gasteiger partial charge in [-0.05, 0) is 63.2 Å². The Bertz CT molecular complexity index is 566. The van der Waals surface area contributed by atoms with Crippen LogP contribution < -0.4 is 5.32 Å². The number of nitrogens with one attached hydrogen (secondary N) is 1. The number of rotatable bonds is 7. The molecular formula is C23H37N3O. The van der Waals surface area contributed by atoms with Gasteiger partial charge in [0, 0.05) is 25.7 Å². The Morgan fingerprint density at radius 2 is 1.85 bits per heavy atom. The number of hydrogen-bond acceptors (Lipinski definition) is 3. The van der Waals surface area contributed by atoms with Crippen LogP contribution in [0.3, 0.4) is 0 Å². The molecule has 2 fully saturated rings. The van der Waals surface area contributed by atoms with E-state index in [1.54, 1.807) is 0 Å². The molecule has 1 amide bonds. The molecule has 0 aromatic heterocycles. The number of nitrogens with zero attached hydrogens (tertiary/aromatic N) is 2. The zero-order chi connectivity index (χ0) is 19.1. The Labute approximate surface area is 165 Å². The molecule has 4 nitrogen and oxygen atoms in total. The van der Waals surface area contributed by atoms with Crippen molar-refractivity contribution in [3.05, 3.63) is 35.9 Å². The largest absolute Gasteiger partial charge is 0.356 e. The van der Waals surface area contributed by atoms with Gasteiger partial charge >= 0.3 is 0 Å². The van der Waals surface area contributed by atoms with Crippen LogP contribution in [0.25, 0.3) is 0 Å². The highest BCUT2D eigenvalue weighted by Crippen LogP contribution is 2.24. The van der Waals surface area contributed by atoms with E-state index in [1.807, 2.05) is 0 Å². The summed E-state index contributed by atoms with van der Waals surface area (Å²) in [7, 11) is 0. The average molecular weight is 372 g/mol. The monoisotopic (exact) mass is 371 g/mol. The normalized spacial score (nSPS) is 22.9. The van der Waals surface area contributed by atoms with Crippen molar-refractivity contribution in [2.75, 3.05) is 32.7 Å². The SMILES string of the molecule is CC(C)CCNC(=O)[C@H]1CCCN(C2CCN(Cc3ccccc3)CC2)C1. The van der Waals surface area contributed by atoms with Crippen LogP contribution >= 0.6 is 0 Å². The molecule has 0 bridgehead atoms. The van der Waals surface area contributed by atoms with Crippen molar-refractivity contribution in [2.45, 2.75) is 58.5 Å². The second kappa shape index (κ2) is 10.2. The van der Waals surface area contributed by atoms with Crippen LogP contribution in [0.1, 0.15) is 51.5 Å². The second-order valence-electron chi connectivity index (χ2n) is 8.80. The fourth-order valence-electron chi connectivity index (χ4n) is 4.46. The highest BCUT2D eigenvalue weighted by atomic mass is 16.1. The molecule has 1 aromatic rings. The average Bonchev–Trinajstić information content (AvgIpc) is 2.69. The van der Waals surface area contributed by atoms with E-state index in [9.17, 15) is 4.79 Å². The smallest absolute Gasteiger partial charge is 0.224 e. The van der Waals surface area contributed by atoms with Crippen LogP contribution in [0.5, 0.6) is 0 Å². The zero-order valence-corrected chi connectivity index (χ0v) is 17.2. The molecule has 3 rings (SSSR count). The Balaban J connectivity index is 1.42. The molecule has 0 saturated carbocycles. The van der Waals surface area contributed by atoms with Crippen LogP contribution in [-0.2, 0) is 11.3 Å². The molecule has 1 N–H and O–H groups in total. The molecule has 1 atom stereocenters. The third-order valence-corrected chi connectivity index (χ3v) is 6.17. The van der Waals surface area contributed by atoms with E-state index in [4.69, 9.17) is 0 Å². The van der Waals surface area contributed by atoms with Gasteiger partial charge in [-0.25, -0.2) is 0 Å². The number of hydrogen-bond donors (Lipinski definition) is 1. The Morgan fingerprint density at radius 3 is 2.56 bits per heavy atom. The first kappa shape index (κ1) is 20.3. The first-order valence-corrected chi connectivity index (χ1v) is 10.9. The predicted octanol–water partition coefficient (Wildman–Crippen LogP) is 3.53. The van der Waals surface area contributed by atoms with E-state index in [0.29, 0.717) is 12.0 Å². The molecule has 0 unspecified atom stereocenters. The molecule has 27 heavy (non-hydrogen) atoms. The van der Waals surface area contributed by atoms with Crippen molar-refractivity contribution in [2.24, 2.45) is 11.8 Å². The summed E-state index contributed by atoms with van der Waals surface area (Å²) in [6, 6.07) is 11.4. The first-order chi connectivity index (χ1) is 13.1. The number of likely N-dealkylation sites (tertiary alicyclic amines) is 2. The number of amides is 1.